The maximum Gasteiger partial charge on any atom is 0.329 e. The second-order valence-corrected chi connectivity index (χ2v) is 6.59. The fourth-order valence-electron chi connectivity index (χ4n) is 3.48. The van der Waals surface area contributed by atoms with E-state index in [2.05, 4.69) is 10.6 Å². The van der Waals surface area contributed by atoms with E-state index < -0.39 is 11.5 Å². The van der Waals surface area contributed by atoms with Crippen LogP contribution in [0.25, 0.3) is 0 Å². The Bertz CT molecular complexity index is 401. The molecular weight excluding hydrogens is 272 g/mol. The molecule has 0 radical (unpaired) electrons. The molecule has 0 spiro atoms. The first-order valence-electron chi connectivity index (χ1n) is 7.85. The van der Waals surface area contributed by atoms with E-state index in [0.717, 1.165) is 25.7 Å². The molecule has 1 aliphatic heterocycles. The topological polar surface area (TPSA) is 87.7 Å². The van der Waals surface area contributed by atoms with Crippen molar-refractivity contribution in [2.24, 2.45) is 5.92 Å². The molecule has 3 N–H and O–H groups in total. The molecule has 2 fully saturated rings. The minimum Gasteiger partial charge on any atom is -0.480 e. The average Bonchev–Trinajstić information content (AvgIpc) is 2.38. The van der Waals surface area contributed by atoms with Gasteiger partial charge in [-0.1, -0.05) is 19.8 Å². The number of hydrogen-bond donors (Lipinski definition) is 3. The zero-order valence-electron chi connectivity index (χ0n) is 12.9. The maximum atomic E-state index is 12.2. The number of rotatable bonds is 3. The summed E-state index contributed by atoms with van der Waals surface area (Å²) in [5.41, 5.74) is -1.11. The molecule has 0 aromatic heterocycles. The van der Waals surface area contributed by atoms with E-state index in [1.165, 1.54) is 0 Å². The molecular formula is C15H26N2O4. The largest absolute Gasteiger partial charge is 0.480 e. The standard InChI is InChI=1S/C15H26N2O4/c1-10-4-3-6-15(9-10,13(18)19)17-14(20)16-12-5-7-21-11(2)8-12/h10-12H,3-9H2,1-2H3,(H,18,19)(H2,16,17,20). The van der Waals surface area contributed by atoms with Crippen molar-refractivity contribution in [3.8, 4) is 0 Å². The number of aliphatic carboxylic acids is 1. The molecule has 120 valence electrons. The number of amides is 2. The van der Waals surface area contributed by atoms with Gasteiger partial charge in [0, 0.05) is 12.6 Å². The van der Waals surface area contributed by atoms with Gasteiger partial charge in [0.15, 0.2) is 0 Å². The van der Waals surface area contributed by atoms with E-state index in [-0.39, 0.29) is 18.2 Å². The zero-order chi connectivity index (χ0) is 15.5. The lowest BCUT2D eigenvalue weighted by atomic mass is 9.76. The molecule has 4 atom stereocenters. The van der Waals surface area contributed by atoms with Crippen LogP contribution < -0.4 is 10.6 Å². The first-order valence-corrected chi connectivity index (χ1v) is 7.85. The third-order valence-corrected chi connectivity index (χ3v) is 4.58. The van der Waals surface area contributed by atoms with Gasteiger partial charge in [-0.2, -0.15) is 0 Å². The molecule has 1 saturated carbocycles. The van der Waals surface area contributed by atoms with E-state index in [1.54, 1.807) is 0 Å². The van der Waals surface area contributed by atoms with E-state index in [9.17, 15) is 14.7 Å². The van der Waals surface area contributed by atoms with Gasteiger partial charge >= 0.3 is 12.0 Å². The Kier molecular flexibility index (Phi) is 5.08. The SMILES string of the molecule is CC1CCCC(NC(=O)NC2CCOC(C)C2)(C(=O)O)C1. The smallest absolute Gasteiger partial charge is 0.329 e. The highest BCUT2D eigenvalue weighted by Crippen LogP contribution is 2.32. The van der Waals surface area contributed by atoms with Gasteiger partial charge < -0.3 is 20.5 Å². The molecule has 1 saturated heterocycles. The van der Waals surface area contributed by atoms with Gasteiger partial charge in [0.2, 0.25) is 0 Å². The molecule has 6 nitrogen and oxygen atoms in total. The molecule has 21 heavy (non-hydrogen) atoms. The molecule has 4 unspecified atom stereocenters. The second kappa shape index (κ2) is 6.64. The summed E-state index contributed by atoms with van der Waals surface area (Å²) in [5.74, 6) is -0.609. The van der Waals surface area contributed by atoms with Crippen LogP contribution in [0.1, 0.15) is 52.4 Å². The predicted molar refractivity (Wildman–Crippen MR) is 78.1 cm³/mol. The van der Waals surface area contributed by atoms with Crippen molar-refractivity contribution >= 4 is 12.0 Å². The quantitative estimate of drug-likeness (QED) is 0.742. The highest BCUT2D eigenvalue weighted by molar-refractivity contribution is 5.86. The highest BCUT2D eigenvalue weighted by atomic mass is 16.5. The van der Waals surface area contributed by atoms with Crippen molar-refractivity contribution < 1.29 is 19.4 Å². The lowest BCUT2D eigenvalue weighted by Crippen LogP contribution is -2.60. The minimum absolute atomic E-state index is 0.0561. The van der Waals surface area contributed by atoms with Crippen LogP contribution in [-0.4, -0.2) is 41.4 Å². The third-order valence-electron chi connectivity index (χ3n) is 4.58. The molecule has 0 bridgehead atoms. The van der Waals surface area contributed by atoms with Crippen LogP contribution in [-0.2, 0) is 9.53 Å². The van der Waals surface area contributed by atoms with Gasteiger partial charge in [0.1, 0.15) is 5.54 Å². The van der Waals surface area contributed by atoms with E-state index >= 15 is 0 Å². The Hall–Kier alpha value is -1.30. The first kappa shape index (κ1) is 16.1. The van der Waals surface area contributed by atoms with Gasteiger partial charge in [0.25, 0.3) is 0 Å². The van der Waals surface area contributed by atoms with Crippen molar-refractivity contribution in [1.29, 1.82) is 0 Å². The Morgan fingerprint density at radius 1 is 1.29 bits per heavy atom. The van der Waals surface area contributed by atoms with Crippen LogP contribution in [0.15, 0.2) is 0 Å². The average molecular weight is 298 g/mol. The third kappa shape index (κ3) is 4.09. The van der Waals surface area contributed by atoms with Crippen LogP contribution in [0.5, 0.6) is 0 Å². The summed E-state index contributed by atoms with van der Waals surface area (Å²) < 4.78 is 5.45. The Labute approximate surface area is 125 Å². The summed E-state index contributed by atoms with van der Waals surface area (Å²) in [6, 6.07) is -0.314. The number of nitrogens with one attached hydrogen (secondary N) is 2. The fraction of sp³-hybridized carbons (Fsp3) is 0.867. The van der Waals surface area contributed by atoms with E-state index in [1.807, 2.05) is 13.8 Å². The van der Waals surface area contributed by atoms with Gasteiger partial charge in [0.05, 0.1) is 6.10 Å². The monoisotopic (exact) mass is 298 g/mol. The van der Waals surface area contributed by atoms with Crippen LogP contribution in [0, 0.1) is 5.92 Å². The van der Waals surface area contributed by atoms with Gasteiger partial charge in [-0.3, -0.25) is 0 Å². The number of carbonyl (C=O) groups excluding carboxylic acids is 1. The van der Waals surface area contributed by atoms with Crippen molar-refractivity contribution in [1.82, 2.24) is 10.6 Å². The number of hydrogen-bond acceptors (Lipinski definition) is 3. The first-order chi connectivity index (χ1) is 9.91. The molecule has 2 amide bonds. The molecule has 1 heterocycles. The number of urea groups is 1. The molecule has 0 aromatic carbocycles. The van der Waals surface area contributed by atoms with Crippen molar-refractivity contribution in [2.75, 3.05) is 6.61 Å². The number of carboxylic acids is 1. The Morgan fingerprint density at radius 3 is 2.67 bits per heavy atom. The summed E-state index contributed by atoms with van der Waals surface area (Å²) in [6.07, 6.45) is 4.53. The lowest BCUT2D eigenvalue weighted by Gasteiger charge is -2.37. The van der Waals surface area contributed by atoms with Gasteiger partial charge in [-0.25, -0.2) is 9.59 Å². The van der Waals surface area contributed by atoms with Crippen molar-refractivity contribution in [3.63, 3.8) is 0 Å². The Balaban J connectivity index is 1.93. The normalized spacial score (nSPS) is 36.8. The highest BCUT2D eigenvalue weighted by Gasteiger charge is 2.43. The lowest BCUT2D eigenvalue weighted by molar-refractivity contribution is -0.146. The van der Waals surface area contributed by atoms with E-state index in [4.69, 9.17) is 4.74 Å². The molecule has 2 aliphatic rings. The van der Waals surface area contributed by atoms with Gasteiger partial charge in [-0.15, -0.1) is 0 Å². The summed E-state index contributed by atoms with van der Waals surface area (Å²) in [4.78, 5) is 23.8. The van der Waals surface area contributed by atoms with E-state index in [0.29, 0.717) is 25.4 Å². The number of ether oxygens (including phenoxy) is 1. The molecule has 2 rings (SSSR count). The molecule has 1 aliphatic carbocycles. The zero-order valence-corrected chi connectivity index (χ0v) is 12.9. The minimum atomic E-state index is -1.11. The van der Waals surface area contributed by atoms with Crippen LogP contribution >= 0.6 is 0 Å². The number of carboxylic acid groups (broad SMARTS) is 1. The predicted octanol–water partition coefficient (Wildman–Crippen LogP) is 1.89. The van der Waals surface area contributed by atoms with Crippen LogP contribution in [0.2, 0.25) is 0 Å². The fourth-order valence-corrected chi connectivity index (χ4v) is 3.48. The van der Waals surface area contributed by atoms with Crippen molar-refractivity contribution in [2.45, 2.75) is 70.1 Å². The van der Waals surface area contributed by atoms with Crippen LogP contribution in [0.4, 0.5) is 4.79 Å². The summed E-state index contributed by atoms with van der Waals surface area (Å²) in [6.45, 7) is 4.65. The molecule has 0 aromatic rings. The van der Waals surface area contributed by atoms with Crippen molar-refractivity contribution in [3.05, 3.63) is 0 Å². The Morgan fingerprint density at radius 2 is 2.05 bits per heavy atom. The number of carbonyl (C=O) groups is 2. The summed E-state index contributed by atoms with van der Waals surface area (Å²) in [7, 11) is 0. The van der Waals surface area contributed by atoms with Crippen LogP contribution in [0.3, 0.4) is 0 Å². The molecule has 6 heteroatoms. The maximum absolute atomic E-state index is 12.2. The van der Waals surface area contributed by atoms with Gasteiger partial charge in [-0.05, 0) is 38.5 Å². The second-order valence-electron chi connectivity index (χ2n) is 6.59. The summed E-state index contributed by atoms with van der Waals surface area (Å²) >= 11 is 0. The summed E-state index contributed by atoms with van der Waals surface area (Å²) in [5, 5.41) is 15.2.